The molecule has 48 valence electrons. The van der Waals surface area contributed by atoms with E-state index in [4.69, 9.17) is 0 Å². The number of fused-ring (bicyclic) bond motifs is 1. The third-order valence-electron chi connectivity index (χ3n) is 1.24. The van der Waals surface area contributed by atoms with Gasteiger partial charge in [-0.15, -0.1) is 5.53 Å². The van der Waals surface area contributed by atoms with Crippen LogP contribution in [-0.2, 0) is 0 Å². The molecule has 2 aliphatic rings. The van der Waals surface area contributed by atoms with Crippen LogP contribution in [0, 0.1) is 0 Å². The van der Waals surface area contributed by atoms with E-state index in [1.54, 1.807) is 6.20 Å². The normalized spacial score (nSPS) is 23.1. The predicted molar refractivity (Wildman–Crippen MR) is 32.7 cm³/mol. The third-order valence-corrected chi connectivity index (χ3v) is 1.24. The van der Waals surface area contributed by atoms with Crippen LogP contribution in [-0.4, -0.2) is 17.8 Å². The van der Waals surface area contributed by atoms with Crippen LogP contribution in [0.4, 0.5) is 0 Å². The van der Waals surface area contributed by atoms with Crippen molar-refractivity contribution in [1.29, 1.82) is 0 Å². The monoisotopic (exact) mass is 125 g/mol. The van der Waals surface area contributed by atoms with E-state index >= 15 is 0 Å². The first-order valence-corrected chi connectivity index (χ1v) is 2.73. The van der Waals surface area contributed by atoms with Crippen molar-refractivity contribution in [2.75, 3.05) is 6.54 Å². The van der Waals surface area contributed by atoms with Gasteiger partial charge in [0.05, 0.1) is 12.7 Å². The fourth-order valence-electron chi connectivity index (χ4n) is 0.785. The Hall–Kier alpha value is -1.07. The highest BCUT2D eigenvalue weighted by molar-refractivity contribution is 5.62. The van der Waals surface area contributed by atoms with E-state index in [2.05, 4.69) is 21.5 Å². The van der Waals surface area contributed by atoms with Crippen molar-refractivity contribution < 1.29 is 0 Å². The number of nitrogens with one attached hydrogen (secondary N) is 3. The van der Waals surface area contributed by atoms with E-state index in [1.807, 2.05) is 11.2 Å². The molecule has 0 aromatic carbocycles. The van der Waals surface area contributed by atoms with Crippen LogP contribution in [0.5, 0.6) is 0 Å². The molecule has 0 bridgehead atoms. The van der Waals surface area contributed by atoms with Gasteiger partial charge in [-0.1, -0.05) is 0 Å². The Balaban J connectivity index is 2.23. The van der Waals surface area contributed by atoms with Gasteiger partial charge in [0, 0.05) is 6.21 Å². The van der Waals surface area contributed by atoms with E-state index in [0.29, 0.717) is 0 Å². The lowest BCUT2D eigenvalue weighted by molar-refractivity contribution is 0.302. The smallest absolute Gasteiger partial charge is 0.152 e. The third kappa shape index (κ3) is 0.664. The topological polar surface area (TPSA) is 51.7 Å². The van der Waals surface area contributed by atoms with Crippen molar-refractivity contribution >= 4 is 6.21 Å². The van der Waals surface area contributed by atoms with Gasteiger partial charge in [0.1, 0.15) is 0 Å². The lowest BCUT2D eigenvalue weighted by atomic mass is 10.5. The molecule has 0 aromatic heterocycles. The summed E-state index contributed by atoms with van der Waals surface area (Å²) in [5.74, 6) is 0.956. The molecule has 0 radical (unpaired) electrons. The largest absolute Gasteiger partial charge is 0.290 e. The molecule has 0 saturated carbocycles. The molecule has 0 amide bonds. The van der Waals surface area contributed by atoms with Crippen molar-refractivity contribution in [3.8, 4) is 0 Å². The molecular formula is C4H7N5. The van der Waals surface area contributed by atoms with Crippen molar-refractivity contribution in [2.24, 2.45) is 4.99 Å². The van der Waals surface area contributed by atoms with Crippen molar-refractivity contribution in [3.05, 3.63) is 12.0 Å². The van der Waals surface area contributed by atoms with E-state index in [0.717, 1.165) is 12.4 Å². The van der Waals surface area contributed by atoms with Crippen LogP contribution in [0.25, 0.3) is 0 Å². The second-order valence-electron chi connectivity index (χ2n) is 1.82. The molecule has 5 heteroatoms. The second kappa shape index (κ2) is 1.71. The SMILES string of the molecule is C1=NC=C2NNNN2C1. The van der Waals surface area contributed by atoms with Gasteiger partial charge < -0.3 is 0 Å². The van der Waals surface area contributed by atoms with E-state index in [9.17, 15) is 0 Å². The number of hydrogen-bond acceptors (Lipinski definition) is 5. The Labute approximate surface area is 52.3 Å². The Morgan fingerprint density at radius 1 is 1.67 bits per heavy atom. The van der Waals surface area contributed by atoms with Gasteiger partial charge in [0.15, 0.2) is 5.82 Å². The van der Waals surface area contributed by atoms with E-state index in [-0.39, 0.29) is 0 Å². The molecule has 9 heavy (non-hydrogen) atoms. The summed E-state index contributed by atoms with van der Waals surface area (Å²) < 4.78 is 0. The quantitative estimate of drug-likeness (QED) is 0.376. The summed E-state index contributed by atoms with van der Waals surface area (Å²) in [4.78, 5) is 3.95. The standard InChI is InChI=1S/C4H7N5/c1-2-9-4(3-5-1)6-7-8-9/h1,3,6-8H,2H2. The predicted octanol–water partition coefficient (Wildman–Crippen LogP) is -1.30. The van der Waals surface area contributed by atoms with Crippen LogP contribution < -0.4 is 16.5 Å². The van der Waals surface area contributed by atoms with Gasteiger partial charge in [-0.05, 0) is 0 Å². The van der Waals surface area contributed by atoms with Crippen molar-refractivity contribution in [2.45, 2.75) is 0 Å². The van der Waals surface area contributed by atoms with Gasteiger partial charge in [0.2, 0.25) is 0 Å². The Morgan fingerprint density at radius 3 is 3.56 bits per heavy atom. The zero-order valence-electron chi connectivity index (χ0n) is 4.76. The molecule has 0 atom stereocenters. The molecule has 0 aromatic rings. The maximum Gasteiger partial charge on any atom is 0.152 e. The number of aliphatic imine (C=N–C) groups is 1. The van der Waals surface area contributed by atoms with Crippen molar-refractivity contribution in [1.82, 2.24) is 21.5 Å². The minimum Gasteiger partial charge on any atom is -0.290 e. The Morgan fingerprint density at radius 2 is 2.67 bits per heavy atom. The lowest BCUT2D eigenvalue weighted by Gasteiger charge is -2.15. The molecule has 2 rings (SSSR count). The summed E-state index contributed by atoms with van der Waals surface area (Å²) in [7, 11) is 0. The maximum atomic E-state index is 3.95. The van der Waals surface area contributed by atoms with E-state index in [1.165, 1.54) is 0 Å². The second-order valence-corrected chi connectivity index (χ2v) is 1.82. The molecule has 2 heterocycles. The maximum absolute atomic E-state index is 3.95. The van der Waals surface area contributed by atoms with E-state index < -0.39 is 0 Å². The molecule has 1 fully saturated rings. The van der Waals surface area contributed by atoms with Gasteiger partial charge in [-0.25, -0.2) is 0 Å². The zero-order valence-corrected chi connectivity index (χ0v) is 4.76. The van der Waals surface area contributed by atoms with Crippen molar-refractivity contribution in [3.63, 3.8) is 0 Å². The Bertz CT molecular complexity index is 172. The fraction of sp³-hybridized carbons (Fsp3) is 0.250. The number of hydrogen-bond donors (Lipinski definition) is 3. The highest BCUT2D eigenvalue weighted by atomic mass is 15.9. The van der Waals surface area contributed by atoms with Crippen LogP contribution in [0.15, 0.2) is 17.0 Å². The summed E-state index contributed by atoms with van der Waals surface area (Å²) >= 11 is 0. The highest BCUT2D eigenvalue weighted by Crippen LogP contribution is 2.01. The average Bonchev–Trinajstić information content (AvgIpc) is 2.33. The molecular weight excluding hydrogens is 118 g/mol. The molecule has 2 aliphatic heterocycles. The number of hydrazine groups is 3. The average molecular weight is 125 g/mol. The van der Waals surface area contributed by atoms with Gasteiger partial charge in [-0.2, -0.15) is 5.53 Å². The zero-order chi connectivity index (χ0) is 6.10. The number of nitrogens with zero attached hydrogens (tertiary/aromatic N) is 2. The first-order chi connectivity index (χ1) is 4.47. The summed E-state index contributed by atoms with van der Waals surface area (Å²) in [6, 6.07) is 0. The minimum absolute atomic E-state index is 0.797. The molecule has 5 nitrogen and oxygen atoms in total. The minimum atomic E-state index is 0.797. The molecule has 0 aliphatic carbocycles. The van der Waals surface area contributed by atoms with Crippen LogP contribution >= 0.6 is 0 Å². The van der Waals surface area contributed by atoms with Gasteiger partial charge in [-0.3, -0.25) is 15.4 Å². The summed E-state index contributed by atoms with van der Waals surface area (Å²) in [5, 5.41) is 1.91. The molecule has 1 saturated heterocycles. The van der Waals surface area contributed by atoms with Crippen LogP contribution in [0.1, 0.15) is 0 Å². The first-order valence-electron chi connectivity index (χ1n) is 2.73. The summed E-state index contributed by atoms with van der Waals surface area (Å²) in [5.41, 5.74) is 8.48. The lowest BCUT2D eigenvalue weighted by Crippen LogP contribution is -2.37. The molecule has 0 unspecified atom stereocenters. The van der Waals surface area contributed by atoms with Gasteiger partial charge >= 0.3 is 0 Å². The van der Waals surface area contributed by atoms with Crippen LogP contribution in [0.2, 0.25) is 0 Å². The fourth-order valence-corrected chi connectivity index (χ4v) is 0.785. The first kappa shape index (κ1) is 4.78. The highest BCUT2D eigenvalue weighted by Gasteiger charge is 2.15. The Kier molecular flexibility index (Phi) is 0.909. The van der Waals surface area contributed by atoms with Gasteiger partial charge in [0.25, 0.3) is 0 Å². The summed E-state index contributed by atoms with van der Waals surface area (Å²) in [6.45, 7) is 0.797. The molecule has 3 N–H and O–H groups in total. The number of rotatable bonds is 0. The van der Waals surface area contributed by atoms with Crippen LogP contribution in [0.3, 0.4) is 0 Å². The summed E-state index contributed by atoms with van der Waals surface area (Å²) in [6.07, 6.45) is 3.57. The molecule has 0 spiro atoms.